The van der Waals surface area contributed by atoms with Crippen LogP contribution in [0.1, 0.15) is 27.8 Å². The van der Waals surface area contributed by atoms with Gasteiger partial charge in [0.25, 0.3) is 0 Å². The lowest BCUT2D eigenvalue weighted by molar-refractivity contribution is 1.21. The molecule has 0 unspecified atom stereocenters. The molecule has 0 bridgehead atoms. The zero-order chi connectivity index (χ0) is 14.2. The lowest BCUT2D eigenvalue weighted by atomic mass is 9.92. The van der Waals surface area contributed by atoms with Gasteiger partial charge in [0.1, 0.15) is 11.2 Å². The molecule has 0 atom stereocenters. The average Bonchev–Trinajstić information content (AvgIpc) is 2.37. The highest BCUT2D eigenvalue weighted by molar-refractivity contribution is 6.30. The normalized spacial score (nSPS) is 10.3. The molecule has 0 radical (unpaired) electrons. The summed E-state index contributed by atoms with van der Waals surface area (Å²) in [6.45, 7) is 8.36. The van der Waals surface area contributed by atoms with Crippen LogP contribution in [0, 0.1) is 39.0 Å². The van der Waals surface area contributed by atoms with Gasteiger partial charge in [-0.2, -0.15) is 5.26 Å². The molecule has 0 saturated carbocycles. The Labute approximate surface area is 118 Å². The minimum Gasteiger partial charge on any atom is -0.235 e. The van der Waals surface area contributed by atoms with Gasteiger partial charge in [0.2, 0.25) is 0 Å². The first-order valence-corrected chi connectivity index (χ1v) is 6.48. The molecule has 0 N–H and O–H groups in total. The summed E-state index contributed by atoms with van der Waals surface area (Å²) in [5.41, 5.74) is 7.23. The van der Waals surface area contributed by atoms with Gasteiger partial charge in [-0.3, -0.25) is 0 Å². The molecule has 3 heteroatoms. The van der Waals surface area contributed by atoms with Crippen LogP contribution in [-0.2, 0) is 0 Å². The standard InChI is InChI=1S/C16H15ClN2/c1-9-7-10(2)12(4)15(11(9)3)14-6-5-13(8-18)16(17)19-14/h5-7H,1-4H3. The molecule has 0 amide bonds. The van der Waals surface area contributed by atoms with Crippen LogP contribution >= 0.6 is 11.6 Å². The molecule has 2 rings (SSSR count). The minimum atomic E-state index is 0.262. The largest absolute Gasteiger partial charge is 0.235 e. The molecule has 1 heterocycles. The zero-order valence-electron chi connectivity index (χ0n) is 11.5. The lowest BCUT2D eigenvalue weighted by Gasteiger charge is -2.15. The minimum absolute atomic E-state index is 0.262. The predicted molar refractivity (Wildman–Crippen MR) is 78.3 cm³/mol. The smallest absolute Gasteiger partial charge is 0.147 e. The van der Waals surface area contributed by atoms with Gasteiger partial charge < -0.3 is 0 Å². The molecule has 0 aliphatic rings. The fourth-order valence-corrected chi connectivity index (χ4v) is 2.45. The molecule has 1 aromatic carbocycles. The van der Waals surface area contributed by atoms with E-state index in [1.54, 1.807) is 6.07 Å². The number of hydrogen-bond donors (Lipinski definition) is 0. The van der Waals surface area contributed by atoms with Gasteiger partial charge >= 0.3 is 0 Å². The maximum Gasteiger partial charge on any atom is 0.147 e. The van der Waals surface area contributed by atoms with E-state index in [9.17, 15) is 0 Å². The molecular weight excluding hydrogens is 256 g/mol. The van der Waals surface area contributed by atoms with Crippen LogP contribution in [0.2, 0.25) is 5.15 Å². The second-order valence-electron chi connectivity index (χ2n) is 4.78. The number of aromatic nitrogens is 1. The topological polar surface area (TPSA) is 36.7 Å². The highest BCUT2D eigenvalue weighted by Gasteiger charge is 2.13. The molecule has 19 heavy (non-hydrogen) atoms. The number of hydrogen-bond acceptors (Lipinski definition) is 2. The van der Waals surface area contributed by atoms with E-state index in [1.165, 1.54) is 22.3 Å². The number of rotatable bonds is 1. The molecule has 0 saturated heterocycles. The van der Waals surface area contributed by atoms with Gasteiger partial charge in [-0.15, -0.1) is 0 Å². The van der Waals surface area contributed by atoms with E-state index >= 15 is 0 Å². The van der Waals surface area contributed by atoms with E-state index in [2.05, 4.69) is 38.7 Å². The van der Waals surface area contributed by atoms with Gasteiger partial charge in [-0.05, 0) is 62.1 Å². The van der Waals surface area contributed by atoms with Crippen molar-refractivity contribution in [1.29, 1.82) is 5.26 Å². The molecule has 2 aromatic rings. The van der Waals surface area contributed by atoms with E-state index in [0.717, 1.165) is 11.3 Å². The van der Waals surface area contributed by atoms with Crippen molar-refractivity contribution in [2.45, 2.75) is 27.7 Å². The second-order valence-corrected chi connectivity index (χ2v) is 5.14. The Morgan fingerprint density at radius 2 is 1.63 bits per heavy atom. The second kappa shape index (κ2) is 5.03. The first kappa shape index (κ1) is 13.6. The molecule has 0 spiro atoms. The van der Waals surface area contributed by atoms with Crippen LogP contribution in [0.5, 0.6) is 0 Å². The number of nitrogens with zero attached hydrogens (tertiary/aromatic N) is 2. The van der Waals surface area contributed by atoms with Crippen LogP contribution in [0.25, 0.3) is 11.3 Å². The van der Waals surface area contributed by atoms with Crippen LogP contribution in [0.3, 0.4) is 0 Å². The summed E-state index contributed by atoms with van der Waals surface area (Å²) in [5, 5.41) is 9.16. The van der Waals surface area contributed by atoms with E-state index in [-0.39, 0.29) is 5.15 Å². The number of nitriles is 1. The summed E-state index contributed by atoms with van der Waals surface area (Å²) >= 11 is 6.03. The first-order chi connectivity index (χ1) is 8.95. The predicted octanol–water partition coefficient (Wildman–Crippen LogP) is 4.51. The van der Waals surface area contributed by atoms with Crippen LogP contribution in [0.15, 0.2) is 18.2 Å². The maximum absolute atomic E-state index is 8.90. The molecule has 0 aliphatic carbocycles. The Balaban J connectivity index is 2.73. The highest BCUT2D eigenvalue weighted by Crippen LogP contribution is 2.31. The van der Waals surface area contributed by atoms with Gasteiger partial charge in [-0.1, -0.05) is 17.7 Å². The van der Waals surface area contributed by atoms with Crippen molar-refractivity contribution < 1.29 is 0 Å². The summed E-state index contributed by atoms with van der Waals surface area (Å²) in [4.78, 5) is 4.36. The van der Waals surface area contributed by atoms with Crippen molar-refractivity contribution in [3.8, 4) is 17.3 Å². The van der Waals surface area contributed by atoms with E-state index in [0.29, 0.717) is 5.56 Å². The van der Waals surface area contributed by atoms with Crippen LogP contribution in [0.4, 0.5) is 0 Å². The van der Waals surface area contributed by atoms with Crippen molar-refractivity contribution in [2.75, 3.05) is 0 Å². The molecule has 0 fully saturated rings. The summed E-state index contributed by atoms with van der Waals surface area (Å²) in [5.74, 6) is 0. The first-order valence-electron chi connectivity index (χ1n) is 6.10. The Morgan fingerprint density at radius 1 is 1.05 bits per heavy atom. The van der Waals surface area contributed by atoms with Crippen molar-refractivity contribution in [1.82, 2.24) is 4.98 Å². The average molecular weight is 271 g/mol. The van der Waals surface area contributed by atoms with E-state index < -0.39 is 0 Å². The Bertz CT molecular complexity index is 671. The third-order valence-electron chi connectivity index (χ3n) is 3.59. The Morgan fingerprint density at radius 3 is 2.11 bits per heavy atom. The van der Waals surface area contributed by atoms with Crippen molar-refractivity contribution in [3.63, 3.8) is 0 Å². The van der Waals surface area contributed by atoms with E-state index in [1.807, 2.05) is 12.1 Å². The number of pyridine rings is 1. The third kappa shape index (κ3) is 2.34. The Kier molecular flexibility index (Phi) is 3.59. The summed E-state index contributed by atoms with van der Waals surface area (Å²) in [6, 6.07) is 7.79. The van der Waals surface area contributed by atoms with Crippen molar-refractivity contribution in [3.05, 3.63) is 51.2 Å². The highest BCUT2D eigenvalue weighted by atomic mass is 35.5. The third-order valence-corrected chi connectivity index (χ3v) is 3.88. The van der Waals surface area contributed by atoms with E-state index in [4.69, 9.17) is 16.9 Å². The van der Waals surface area contributed by atoms with Gasteiger partial charge in [0.15, 0.2) is 0 Å². The quantitative estimate of drug-likeness (QED) is 0.715. The lowest BCUT2D eigenvalue weighted by Crippen LogP contribution is -1.97. The monoisotopic (exact) mass is 270 g/mol. The van der Waals surface area contributed by atoms with Crippen molar-refractivity contribution in [2.24, 2.45) is 0 Å². The fourth-order valence-electron chi connectivity index (χ4n) is 2.26. The Hall–Kier alpha value is -1.85. The molecule has 0 aliphatic heterocycles. The number of aryl methyl sites for hydroxylation is 2. The number of benzene rings is 1. The van der Waals surface area contributed by atoms with Crippen molar-refractivity contribution >= 4 is 11.6 Å². The van der Waals surface area contributed by atoms with Gasteiger partial charge in [0.05, 0.1) is 11.3 Å². The molecule has 1 aromatic heterocycles. The fraction of sp³-hybridized carbons (Fsp3) is 0.250. The summed E-state index contributed by atoms with van der Waals surface area (Å²) in [7, 11) is 0. The van der Waals surface area contributed by atoms with Crippen LogP contribution in [-0.4, -0.2) is 4.98 Å². The van der Waals surface area contributed by atoms with Crippen LogP contribution < -0.4 is 0 Å². The summed E-state index contributed by atoms with van der Waals surface area (Å²) in [6.07, 6.45) is 0. The summed E-state index contributed by atoms with van der Waals surface area (Å²) < 4.78 is 0. The maximum atomic E-state index is 8.90. The molecular formula is C16H15ClN2. The number of halogens is 1. The molecule has 2 nitrogen and oxygen atoms in total. The molecule has 96 valence electrons. The van der Waals surface area contributed by atoms with Gasteiger partial charge in [-0.25, -0.2) is 4.98 Å². The zero-order valence-corrected chi connectivity index (χ0v) is 12.3. The van der Waals surface area contributed by atoms with Gasteiger partial charge in [0, 0.05) is 5.56 Å². The SMILES string of the molecule is Cc1cc(C)c(C)c(-c2ccc(C#N)c(Cl)n2)c1C.